The van der Waals surface area contributed by atoms with Crippen LogP contribution in [0.25, 0.3) is 0 Å². The van der Waals surface area contributed by atoms with Gasteiger partial charge in [0.05, 0.1) is 0 Å². The van der Waals surface area contributed by atoms with Gasteiger partial charge in [0.2, 0.25) is 0 Å². The molecule has 4 heteroatoms. The molecule has 0 radical (unpaired) electrons. The molecule has 1 saturated carbocycles. The summed E-state index contributed by atoms with van der Waals surface area (Å²) in [6.07, 6.45) is 6.32. The highest BCUT2D eigenvalue weighted by atomic mass is 16.8. The normalized spacial score (nSPS) is 26.6. The minimum Gasteiger partial charge on any atom is -0.448 e. The van der Waals surface area contributed by atoms with Gasteiger partial charge in [-0.15, -0.1) is 5.06 Å². The second-order valence-corrected chi connectivity index (χ2v) is 4.53. The van der Waals surface area contributed by atoms with Crippen LogP contribution in [0.15, 0.2) is 0 Å². The van der Waals surface area contributed by atoms with Gasteiger partial charge in [0.1, 0.15) is 0 Å². The Balaban J connectivity index is 1.89. The zero-order chi connectivity index (χ0) is 10.0. The van der Waals surface area contributed by atoms with Crippen LogP contribution in [-0.4, -0.2) is 29.4 Å². The van der Waals surface area contributed by atoms with Crippen LogP contribution in [0.2, 0.25) is 0 Å². The highest BCUT2D eigenvalue weighted by Gasteiger charge is 2.40. The fourth-order valence-electron chi connectivity index (χ4n) is 2.79. The van der Waals surface area contributed by atoms with E-state index in [1.807, 2.05) is 0 Å². The Kier molecular flexibility index (Phi) is 2.63. The molecule has 0 bridgehead atoms. The lowest BCUT2D eigenvalue weighted by molar-refractivity contribution is -0.110. The first-order chi connectivity index (χ1) is 6.70. The summed E-state index contributed by atoms with van der Waals surface area (Å²) in [5.74, 6) is 0. The van der Waals surface area contributed by atoms with Gasteiger partial charge < -0.3 is 9.94 Å². The maximum Gasteiger partial charge on any atom is 0.525 e. The number of nitrogens with zero attached hydrogens (tertiary/aromatic N) is 1. The quantitative estimate of drug-likeness (QED) is 0.703. The van der Waals surface area contributed by atoms with Crippen molar-refractivity contribution in [1.29, 1.82) is 0 Å². The predicted octanol–water partition coefficient (Wildman–Crippen LogP) is 2.25. The highest BCUT2D eigenvalue weighted by molar-refractivity contribution is 5.56. The van der Waals surface area contributed by atoms with Crippen LogP contribution in [0, 0.1) is 5.41 Å². The van der Waals surface area contributed by atoms with E-state index in [1.54, 1.807) is 5.06 Å². The summed E-state index contributed by atoms with van der Waals surface area (Å²) in [6, 6.07) is 0. The lowest BCUT2D eigenvalue weighted by Gasteiger charge is -2.32. The van der Waals surface area contributed by atoms with E-state index in [0.717, 1.165) is 19.5 Å². The second kappa shape index (κ2) is 3.77. The predicted molar refractivity (Wildman–Crippen MR) is 50.8 cm³/mol. The molecule has 1 spiro atoms. The zero-order valence-electron chi connectivity index (χ0n) is 8.37. The molecule has 1 aliphatic carbocycles. The summed E-state index contributed by atoms with van der Waals surface area (Å²) >= 11 is 0. The van der Waals surface area contributed by atoms with E-state index in [4.69, 9.17) is 5.11 Å². The van der Waals surface area contributed by atoms with Crippen LogP contribution in [0.5, 0.6) is 0 Å². The van der Waals surface area contributed by atoms with Gasteiger partial charge in [-0.3, -0.25) is 0 Å². The van der Waals surface area contributed by atoms with Crippen molar-refractivity contribution in [3.63, 3.8) is 0 Å². The molecule has 0 aromatic carbocycles. The fraction of sp³-hybridized carbons (Fsp3) is 0.900. The van der Waals surface area contributed by atoms with Crippen molar-refractivity contribution in [3.05, 3.63) is 0 Å². The van der Waals surface area contributed by atoms with Crippen LogP contribution in [-0.2, 0) is 4.84 Å². The lowest BCUT2D eigenvalue weighted by Crippen LogP contribution is -2.30. The Hall–Kier alpha value is -0.770. The maximum absolute atomic E-state index is 10.4. The molecule has 1 aliphatic heterocycles. The van der Waals surface area contributed by atoms with Crippen molar-refractivity contribution in [2.24, 2.45) is 5.41 Å². The molecule has 1 N–H and O–H groups in total. The molecular formula is C10H17NO3. The van der Waals surface area contributed by atoms with Gasteiger partial charge in [0.25, 0.3) is 0 Å². The molecule has 2 aliphatic rings. The summed E-state index contributed by atoms with van der Waals surface area (Å²) in [5.41, 5.74) is 0.369. The molecule has 0 amide bonds. The average molecular weight is 199 g/mol. The van der Waals surface area contributed by atoms with Crippen molar-refractivity contribution in [2.75, 3.05) is 13.1 Å². The number of hydrogen-bond acceptors (Lipinski definition) is 3. The zero-order valence-corrected chi connectivity index (χ0v) is 8.37. The minimum atomic E-state index is -1.18. The first-order valence-electron chi connectivity index (χ1n) is 5.36. The number of hydrogen-bond donors (Lipinski definition) is 1. The van der Waals surface area contributed by atoms with Gasteiger partial charge in [0.15, 0.2) is 0 Å². The molecule has 0 aromatic rings. The van der Waals surface area contributed by atoms with Crippen LogP contribution in [0.3, 0.4) is 0 Å². The smallest absolute Gasteiger partial charge is 0.448 e. The Morgan fingerprint density at radius 2 is 1.93 bits per heavy atom. The molecule has 1 heterocycles. The van der Waals surface area contributed by atoms with Gasteiger partial charge >= 0.3 is 6.16 Å². The summed E-state index contributed by atoms with van der Waals surface area (Å²) in [4.78, 5) is 15.1. The van der Waals surface area contributed by atoms with E-state index in [1.165, 1.54) is 32.1 Å². The molecule has 14 heavy (non-hydrogen) atoms. The fourth-order valence-corrected chi connectivity index (χ4v) is 2.79. The van der Waals surface area contributed by atoms with Gasteiger partial charge in [-0.2, -0.15) is 0 Å². The third kappa shape index (κ3) is 2.00. The van der Waals surface area contributed by atoms with Crippen LogP contribution in [0.4, 0.5) is 4.79 Å². The Morgan fingerprint density at radius 3 is 2.57 bits per heavy atom. The molecule has 0 aromatic heterocycles. The average Bonchev–Trinajstić information content (AvgIpc) is 2.49. The van der Waals surface area contributed by atoms with Gasteiger partial charge in [-0.25, -0.2) is 4.79 Å². The second-order valence-electron chi connectivity index (χ2n) is 4.53. The largest absolute Gasteiger partial charge is 0.525 e. The van der Waals surface area contributed by atoms with Gasteiger partial charge in [0, 0.05) is 13.1 Å². The van der Waals surface area contributed by atoms with Crippen LogP contribution >= 0.6 is 0 Å². The van der Waals surface area contributed by atoms with E-state index < -0.39 is 6.16 Å². The molecule has 4 nitrogen and oxygen atoms in total. The van der Waals surface area contributed by atoms with Gasteiger partial charge in [-0.1, -0.05) is 19.3 Å². The van der Waals surface area contributed by atoms with Crippen LogP contribution in [0.1, 0.15) is 38.5 Å². The number of hydroxylamine groups is 2. The van der Waals surface area contributed by atoms with Crippen molar-refractivity contribution < 1.29 is 14.7 Å². The first kappa shape index (κ1) is 9.77. The summed E-state index contributed by atoms with van der Waals surface area (Å²) in [7, 11) is 0. The van der Waals surface area contributed by atoms with Crippen molar-refractivity contribution >= 4 is 6.16 Å². The first-order valence-corrected chi connectivity index (χ1v) is 5.36. The number of carbonyl (C=O) groups is 1. The number of carboxylic acid groups (broad SMARTS) is 1. The third-order valence-electron chi connectivity index (χ3n) is 3.52. The molecular weight excluding hydrogens is 182 g/mol. The van der Waals surface area contributed by atoms with Crippen molar-refractivity contribution in [1.82, 2.24) is 5.06 Å². The van der Waals surface area contributed by atoms with Crippen LogP contribution < -0.4 is 0 Å². The highest BCUT2D eigenvalue weighted by Crippen LogP contribution is 2.43. The Morgan fingerprint density at radius 1 is 1.21 bits per heavy atom. The van der Waals surface area contributed by atoms with Gasteiger partial charge in [-0.05, 0) is 24.7 Å². The molecule has 80 valence electrons. The topological polar surface area (TPSA) is 49.8 Å². The molecule has 2 rings (SSSR count). The minimum absolute atomic E-state index is 0.369. The Bertz CT molecular complexity index is 223. The van der Waals surface area contributed by atoms with Crippen molar-refractivity contribution in [3.8, 4) is 0 Å². The van der Waals surface area contributed by atoms with E-state index in [-0.39, 0.29) is 0 Å². The summed E-state index contributed by atoms with van der Waals surface area (Å²) in [5, 5.41) is 10.1. The molecule has 2 fully saturated rings. The number of rotatable bonds is 1. The SMILES string of the molecule is O=C(O)ON1CCC2(CCCCC2)C1. The molecule has 1 saturated heterocycles. The van der Waals surface area contributed by atoms with E-state index in [9.17, 15) is 4.79 Å². The maximum atomic E-state index is 10.4. The summed E-state index contributed by atoms with van der Waals surface area (Å²) in [6.45, 7) is 1.58. The summed E-state index contributed by atoms with van der Waals surface area (Å²) < 4.78 is 0. The lowest BCUT2D eigenvalue weighted by atomic mass is 9.74. The van der Waals surface area contributed by atoms with E-state index in [0.29, 0.717) is 5.41 Å². The van der Waals surface area contributed by atoms with E-state index in [2.05, 4.69) is 4.84 Å². The molecule has 0 atom stereocenters. The standard InChI is InChI=1S/C10H17NO3/c12-9(13)14-11-7-6-10(8-11)4-2-1-3-5-10/h1-8H2,(H,12,13). The third-order valence-corrected chi connectivity index (χ3v) is 3.52. The van der Waals surface area contributed by atoms with Crippen molar-refractivity contribution in [2.45, 2.75) is 38.5 Å². The molecule has 0 unspecified atom stereocenters. The van der Waals surface area contributed by atoms with E-state index >= 15 is 0 Å². The Labute approximate surface area is 83.8 Å². The monoisotopic (exact) mass is 199 g/mol.